The molecular weight excluding hydrogens is 753 g/mol. The van der Waals surface area contributed by atoms with Crippen LogP contribution in [-0.2, 0) is 5.41 Å². The topological polar surface area (TPSA) is 38.9 Å². The third-order valence-corrected chi connectivity index (χ3v) is 13.7. The second-order valence-corrected chi connectivity index (χ2v) is 16.7. The van der Waals surface area contributed by atoms with Gasteiger partial charge in [-0.25, -0.2) is 4.98 Å². The van der Waals surface area contributed by atoms with Crippen LogP contribution in [0.1, 0.15) is 22.3 Å². The number of furan rings is 1. The maximum atomic E-state index is 6.62. The lowest BCUT2D eigenvalue weighted by Gasteiger charge is -2.31. The van der Waals surface area contributed by atoms with Crippen molar-refractivity contribution in [3.8, 4) is 56.0 Å². The molecule has 3 nitrogen and oxygen atoms in total. The van der Waals surface area contributed by atoms with Crippen LogP contribution in [0.15, 0.2) is 211 Å². The van der Waals surface area contributed by atoms with Crippen molar-refractivity contribution in [1.82, 2.24) is 9.97 Å². The quantitative estimate of drug-likeness (QED) is 0.167. The highest BCUT2D eigenvalue weighted by Gasteiger charge is 2.52. The number of hydrogen-bond acceptors (Lipinski definition) is 3. The SMILES string of the molecule is c1ccc(-c2cccc(-c3nc(-c4cccc5c4-c4ccccc4C54c5ccccc5-c5cc6c7ccccc7c7ccccc7c6cc54)nc4oc5ccccc5c34)c2)cc1. The lowest BCUT2D eigenvalue weighted by atomic mass is 9.70. The lowest BCUT2D eigenvalue weighted by molar-refractivity contribution is 0.653. The fourth-order valence-corrected chi connectivity index (χ4v) is 11.2. The van der Waals surface area contributed by atoms with Crippen molar-refractivity contribution in [1.29, 1.82) is 0 Å². The van der Waals surface area contributed by atoms with Gasteiger partial charge in [0.15, 0.2) is 5.82 Å². The van der Waals surface area contributed by atoms with Crippen LogP contribution in [-0.4, -0.2) is 9.97 Å². The smallest absolute Gasteiger partial charge is 0.231 e. The summed E-state index contributed by atoms with van der Waals surface area (Å²) in [5.41, 5.74) is 16.0. The predicted molar refractivity (Wildman–Crippen MR) is 254 cm³/mol. The molecule has 0 bridgehead atoms. The first-order chi connectivity index (χ1) is 30.8. The normalized spacial score (nSPS) is 14.8. The maximum Gasteiger partial charge on any atom is 0.231 e. The lowest BCUT2D eigenvalue weighted by Crippen LogP contribution is -2.25. The van der Waals surface area contributed by atoms with Gasteiger partial charge in [-0.3, -0.25) is 0 Å². The van der Waals surface area contributed by atoms with Crippen molar-refractivity contribution in [3.05, 3.63) is 229 Å². The van der Waals surface area contributed by atoms with Crippen molar-refractivity contribution in [2.45, 2.75) is 5.41 Å². The number of fused-ring (bicyclic) bond motifs is 19. The van der Waals surface area contributed by atoms with Crippen LogP contribution in [0.25, 0.3) is 110 Å². The minimum absolute atomic E-state index is 0.564. The van der Waals surface area contributed by atoms with Crippen LogP contribution < -0.4 is 0 Å². The predicted octanol–water partition coefficient (Wildman–Crippen LogP) is 15.2. The van der Waals surface area contributed by atoms with Gasteiger partial charge in [-0.2, -0.15) is 4.98 Å². The molecule has 2 aliphatic carbocycles. The zero-order valence-corrected chi connectivity index (χ0v) is 33.4. The monoisotopic (exact) mass is 786 g/mol. The summed E-state index contributed by atoms with van der Waals surface area (Å²) in [4.78, 5) is 10.9. The highest BCUT2D eigenvalue weighted by Crippen LogP contribution is 2.64. The first-order valence-corrected chi connectivity index (χ1v) is 21.3. The molecule has 3 heteroatoms. The van der Waals surface area contributed by atoms with Gasteiger partial charge < -0.3 is 4.42 Å². The molecule has 2 heterocycles. The molecule has 1 spiro atoms. The summed E-state index contributed by atoms with van der Waals surface area (Å²) in [6.45, 7) is 0. The Kier molecular flexibility index (Phi) is 6.76. The van der Waals surface area contributed by atoms with Crippen molar-refractivity contribution in [3.63, 3.8) is 0 Å². The molecule has 2 aliphatic rings. The zero-order chi connectivity index (χ0) is 40.5. The summed E-state index contributed by atoms with van der Waals surface area (Å²) < 4.78 is 6.62. The van der Waals surface area contributed by atoms with E-state index in [1.165, 1.54) is 71.3 Å². The molecule has 286 valence electrons. The summed E-state index contributed by atoms with van der Waals surface area (Å²) in [6, 6.07) is 75.0. The molecule has 1 unspecified atom stereocenters. The van der Waals surface area contributed by atoms with E-state index in [1.54, 1.807) is 0 Å². The summed E-state index contributed by atoms with van der Waals surface area (Å²) >= 11 is 0. The molecule has 12 aromatic rings. The number of aromatic nitrogens is 2. The summed E-state index contributed by atoms with van der Waals surface area (Å²) in [5, 5.41) is 9.58. The average Bonchev–Trinajstić information content (AvgIpc) is 3.97. The van der Waals surface area contributed by atoms with Crippen molar-refractivity contribution < 1.29 is 4.42 Å². The number of hydrogen-bond donors (Lipinski definition) is 0. The van der Waals surface area contributed by atoms with Gasteiger partial charge in [0.25, 0.3) is 0 Å². The van der Waals surface area contributed by atoms with Gasteiger partial charge in [-0.15, -0.1) is 0 Å². The fourth-order valence-electron chi connectivity index (χ4n) is 11.2. The highest BCUT2D eigenvalue weighted by molar-refractivity contribution is 6.26. The van der Waals surface area contributed by atoms with E-state index in [4.69, 9.17) is 14.4 Å². The molecule has 0 saturated heterocycles. The minimum Gasteiger partial charge on any atom is -0.438 e. The van der Waals surface area contributed by atoms with Gasteiger partial charge in [0, 0.05) is 16.5 Å². The fraction of sp³-hybridized carbons (Fsp3) is 0.0169. The average molecular weight is 787 g/mol. The van der Waals surface area contributed by atoms with Crippen LogP contribution in [0.4, 0.5) is 0 Å². The Balaban J connectivity index is 1.07. The summed E-state index contributed by atoms with van der Waals surface area (Å²) in [7, 11) is 0. The molecule has 62 heavy (non-hydrogen) atoms. The van der Waals surface area contributed by atoms with Gasteiger partial charge in [-0.05, 0) is 112 Å². The van der Waals surface area contributed by atoms with E-state index in [0.717, 1.165) is 49.9 Å². The van der Waals surface area contributed by atoms with E-state index < -0.39 is 5.41 Å². The number of para-hydroxylation sites is 1. The number of nitrogens with zero attached hydrogens (tertiary/aromatic N) is 2. The Morgan fingerprint density at radius 2 is 0.887 bits per heavy atom. The molecule has 0 fully saturated rings. The maximum absolute atomic E-state index is 6.62. The van der Waals surface area contributed by atoms with Crippen LogP contribution in [0.2, 0.25) is 0 Å². The van der Waals surface area contributed by atoms with Gasteiger partial charge in [0.05, 0.1) is 16.5 Å². The van der Waals surface area contributed by atoms with Crippen LogP contribution in [0, 0.1) is 0 Å². The molecule has 0 aliphatic heterocycles. The van der Waals surface area contributed by atoms with E-state index in [1.807, 2.05) is 12.1 Å². The zero-order valence-electron chi connectivity index (χ0n) is 33.4. The second kappa shape index (κ2) is 12.4. The Bertz CT molecular complexity index is 3880. The molecule has 0 radical (unpaired) electrons. The van der Waals surface area contributed by atoms with Crippen LogP contribution in [0.3, 0.4) is 0 Å². The first kappa shape index (κ1) is 33.7. The summed E-state index contributed by atoms with van der Waals surface area (Å²) in [6.07, 6.45) is 0. The largest absolute Gasteiger partial charge is 0.438 e. The molecule has 0 saturated carbocycles. The van der Waals surface area contributed by atoms with E-state index in [0.29, 0.717) is 11.5 Å². The van der Waals surface area contributed by atoms with Crippen LogP contribution in [0.5, 0.6) is 0 Å². The highest BCUT2D eigenvalue weighted by atomic mass is 16.3. The minimum atomic E-state index is -0.564. The molecule has 2 aromatic heterocycles. The van der Waals surface area contributed by atoms with E-state index >= 15 is 0 Å². The van der Waals surface area contributed by atoms with Crippen molar-refractivity contribution >= 4 is 54.4 Å². The van der Waals surface area contributed by atoms with Gasteiger partial charge in [-0.1, -0.05) is 182 Å². The summed E-state index contributed by atoms with van der Waals surface area (Å²) in [5.74, 6) is 0.642. The molecule has 10 aromatic carbocycles. The molecule has 0 N–H and O–H groups in total. The van der Waals surface area contributed by atoms with Gasteiger partial charge in [0.2, 0.25) is 5.71 Å². The third kappa shape index (κ3) is 4.39. The Morgan fingerprint density at radius 3 is 1.66 bits per heavy atom. The van der Waals surface area contributed by atoms with E-state index in [2.05, 4.69) is 194 Å². The van der Waals surface area contributed by atoms with Crippen LogP contribution >= 0.6 is 0 Å². The van der Waals surface area contributed by atoms with E-state index in [-0.39, 0.29) is 0 Å². The molecule has 0 amide bonds. The Morgan fingerprint density at radius 1 is 0.339 bits per heavy atom. The van der Waals surface area contributed by atoms with E-state index in [9.17, 15) is 0 Å². The molecule has 1 atom stereocenters. The van der Waals surface area contributed by atoms with Crippen molar-refractivity contribution in [2.75, 3.05) is 0 Å². The molecule has 14 rings (SSSR count). The van der Waals surface area contributed by atoms with Gasteiger partial charge >= 0.3 is 0 Å². The Hall–Kier alpha value is -8.14. The number of rotatable bonds is 3. The molecular formula is C59H34N2O. The van der Waals surface area contributed by atoms with Gasteiger partial charge in [0.1, 0.15) is 5.58 Å². The van der Waals surface area contributed by atoms with Crippen molar-refractivity contribution in [2.24, 2.45) is 0 Å². The number of benzene rings is 10. The first-order valence-electron chi connectivity index (χ1n) is 21.3. The Labute approximate surface area is 357 Å². The standard InChI is InChI=1S/C59H34N2O/c1-2-16-35(17-3-1)36-18-14-19-37(32-36)56-55-44-26-10-13-31-53(44)62-58(55)61-57(60-56)45-27-15-30-51-54(45)43-25-9-12-29-50(43)59(51)49-28-11-8-24-42(49)48-33-46-40-22-6-4-20-38(40)39-21-5-7-23-41(39)47(46)34-52(48)59/h1-34H. The third-order valence-electron chi connectivity index (χ3n) is 13.7. The second-order valence-electron chi connectivity index (χ2n) is 16.7.